The normalized spacial score (nSPS) is 13.3. The van der Waals surface area contributed by atoms with Gasteiger partial charge in [0.15, 0.2) is 0 Å². The van der Waals surface area contributed by atoms with Crippen LogP contribution in [-0.4, -0.2) is 0 Å². The maximum Gasteiger partial charge on any atom is 0.416 e. The van der Waals surface area contributed by atoms with E-state index in [2.05, 4.69) is 15.9 Å². The second kappa shape index (κ2) is 5.54. The smallest absolute Gasteiger partial charge is 0.320 e. The van der Waals surface area contributed by atoms with Gasteiger partial charge in [0.2, 0.25) is 0 Å². The Balaban J connectivity index is 2.48. The van der Waals surface area contributed by atoms with Crippen LogP contribution in [0.4, 0.5) is 17.6 Å². The summed E-state index contributed by atoms with van der Waals surface area (Å²) < 4.78 is 52.2. The number of benzene rings is 2. The molecule has 0 amide bonds. The van der Waals surface area contributed by atoms with E-state index in [1.54, 1.807) is 0 Å². The van der Waals surface area contributed by atoms with Crippen LogP contribution in [0.1, 0.15) is 22.7 Å². The summed E-state index contributed by atoms with van der Waals surface area (Å²) >= 11 is 2.99. The molecular formula is C14H10BrF4N. The first-order valence-electron chi connectivity index (χ1n) is 5.67. The average Bonchev–Trinajstić information content (AvgIpc) is 2.40. The summed E-state index contributed by atoms with van der Waals surface area (Å²) in [7, 11) is 0. The lowest BCUT2D eigenvalue weighted by atomic mass is 9.95. The molecule has 20 heavy (non-hydrogen) atoms. The Morgan fingerprint density at radius 2 is 1.70 bits per heavy atom. The summed E-state index contributed by atoms with van der Waals surface area (Å²) in [6.07, 6.45) is -4.48. The summed E-state index contributed by atoms with van der Waals surface area (Å²) in [5.74, 6) is -0.495. The van der Waals surface area contributed by atoms with Crippen molar-refractivity contribution in [1.82, 2.24) is 0 Å². The first-order valence-corrected chi connectivity index (χ1v) is 6.46. The molecule has 1 nitrogen and oxygen atoms in total. The van der Waals surface area contributed by atoms with Gasteiger partial charge in [0, 0.05) is 0 Å². The Morgan fingerprint density at radius 3 is 2.30 bits per heavy atom. The topological polar surface area (TPSA) is 26.0 Å². The highest BCUT2D eigenvalue weighted by Crippen LogP contribution is 2.36. The molecule has 0 spiro atoms. The molecule has 1 atom stereocenters. The second-order valence-corrected chi connectivity index (χ2v) is 5.09. The molecule has 6 heteroatoms. The fraction of sp³-hybridized carbons (Fsp3) is 0.143. The average molecular weight is 348 g/mol. The maximum atomic E-state index is 13.2. The Morgan fingerprint density at radius 1 is 1.05 bits per heavy atom. The number of alkyl halides is 3. The van der Waals surface area contributed by atoms with E-state index in [-0.39, 0.29) is 10.0 Å². The Hall–Kier alpha value is -1.40. The summed E-state index contributed by atoms with van der Waals surface area (Å²) in [6.45, 7) is 0. The van der Waals surface area contributed by atoms with Crippen molar-refractivity contribution in [3.8, 4) is 0 Å². The van der Waals surface area contributed by atoms with Crippen molar-refractivity contribution in [2.24, 2.45) is 5.73 Å². The summed E-state index contributed by atoms with van der Waals surface area (Å²) in [6, 6.07) is 8.03. The van der Waals surface area contributed by atoms with Gasteiger partial charge in [-0.25, -0.2) is 4.39 Å². The number of hydrogen-bond donors (Lipinski definition) is 1. The zero-order valence-electron chi connectivity index (χ0n) is 10.1. The highest BCUT2D eigenvalue weighted by molar-refractivity contribution is 9.10. The molecule has 0 aromatic heterocycles. The lowest BCUT2D eigenvalue weighted by Crippen LogP contribution is -2.18. The molecule has 0 bridgehead atoms. The minimum Gasteiger partial charge on any atom is -0.320 e. The van der Waals surface area contributed by atoms with Crippen LogP contribution in [0.2, 0.25) is 0 Å². The van der Waals surface area contributed by atoms with Gasteiger partial charge in [-0.05, 0) is 45.3 Å². The first kappa shape index (κ1) is 15.0. The molecule has 0 saturated heterocycles. The molecule has 2 N–H and O–H groups in total. The quantitative estimate of drug-likeness (QED) is 0.786. The van der Waals surface area contributed by atoms with Crippen LogP contribution in [0.3, 0.4) is 0 Å². The highest BCUT2D eigenvalue weighted by Gasteiger charge is 2.34. The van der Waals surface area contributed by atoms with Gasteiger partial charge < -0.3 is 5.73 Å². The summed E-state index contributed by atoms with van der Waals surface area (Å²) in [5, 5.41) is 0. The zero-order valence-corrected chi connectivity index (χ0v) is 11.7. The fourth-order valence-corrected chi connectivity index (χ4v) is 2.31. The maximum absolute atomic E-state index is 13.2. The molecule has 0 heterocycles. The zero-order chi connectivity index (χ0) is 14.9. The van der Waals surface area contributed by atoms with E-state index in [0.29, 0.717) is 5.56 Å². The molecule has 106 valence electrons. The van der Waals surface area contributed by atoms with Crippen molar-refractivity contribution < 1.29 is 17.6 Å². The van der Waals surface area contributed by atoms with Crippen LogP contribution in [0.25, 0.3) is 0 Å². The number of hydrogen-bond acceptors (Lipinski definition) is 1. The SMILES string of the molecule is NC(c1ccc(F)c(Br)c1)c1ccccc1C(F)(F)F. The van der Waals surface area contributed by atoms with Crippen molar-refractivity contribution >= 4 is 15.9 Å². The highest BCUT2D eigenvalue weighted by atomic mass is 79.9. The predicted octanol–water partition coefficient (Wildman–Crippen LogP) is 4.66. The van der Waals surface area contributed by atoms with Crippen LogP contribution in [-0.2, 0) is 6.18 Å². The van der Waals surface area contributed by atoms with E-state index in [4.69, 9.17) is 5.73 Å². The predicted molar refractivity (Wildman–Crippen MR) is 71.6 cm³/mol. The Bertz CT molecular complexity index is 625. The first-order chi connectivity index (χ1) is 9.30. The van der Waals surface area contributed by atoms with Crippen LogP contribution in [0.15, 0.2) is 46.9 Å². The van der Waals surface area contributed by atoms with Gasteiger partial charge in [-0.15, -0.1) is 0 Å². The third-order valence-electron chi connectivity index (χ3n) is 2.90. The molecule has 0 fully saturated rings. The second-order valence-electron chi connectivity index (χ2n) is 4.24. The van der Waals surface area contributed by atoms with E-state index in [0.717, 1.165) is 12.1 Å². The minimum absolute atomic E-state index is 0.0430. The van der Waals surface area contributed by atoms with Crippen molar-refractivity contribution in [2.75, 3.05) is 0 Å². The molecule has 0 radical (unpaired) electrons. The number of rotatable bonds is 2. The molecule has 2 rings (SSSR count). The molecule has 1 unspecified atom stereocenters. The van der Waals surface area contributed by atoms with E-state index in [1.165, 1.54) is 30.3 Å². The monoisotopic (exact) mass is 347 g/mol. The van der Waals surface area contributed by atoms with Gasteiger partial charge in [-0.3, -0.25) is 0 Å². The molecule has 0 aliphatic carbocycles. The van der Waals surface area contributed by atoms with Gasteiger partial charge in [-0.2, -0.15) is 13.2 Å². The summed E-state index contributed by atoms with van der Waals surface area (Å²) in [4.78, 5) is 0. The molecule has 0 aliphatic heterocycles. The van der Waals surface area contributed by atoms with E-state index < -0.39 is 23.6 Å². The number of halogens is 5. The van der Waals surface area contributed by atoms with Gasteiger partial charge in [0.1, 0.15) is 5.82 Å². The van der Waals surface area contributed by atoms with Crippen LogP contribution < -0.4 is 5.73 Å². The lowest BCUT2D eigenvalue weighted by Gasteiger charge is -2.18. The third kappa shape index (κ3) is 3.02. The van der Waals surface area contributed by atoms with E-state index >= 15 is 0 Å². The third-order valence-corrected chi connectivity index (χ3v) is 3.51. The molecule has 0 aliphatic rings. The molecule has 2 aromatic rings. The lowest BCUT2D eigenvalue weighted by molar-refractivity contribution is -0.138. The van der Waals surface area contributed by atoms with E-state index in [1.807, 2.05) is 0 Å². The summed E-state index contributed by atoms with van der Waals surface area (Å²) in [5.41, 5.74) is 5.46. The van der Waals surface area contributed by atoms with Gasteiger partial charge in [0.25, 0.3) is 0 Å². The van der Waals surface area contributed by atoms with E-state index in [9.17, 15) is 17.6 Å². The number of nitrogens with two attached hydrogens (primary N) is 1. The van der Waals surface area contributed by atoms with Gasteiger partial charge >= 0.3 is 6.18 Å². The van der Waals surface area contributed by atoms with Crippen LogP contribution >= 0.6 is 15.9 Å². The Kier molecular flexibility index (Phi) is 4.15. The standard InChI is InChI=1S/C14H10BrF4N/c15-11-7-8(5-6-12(11)16)13(20)9-3-1-2-4-10(9)14(17,18)19/h1-7,13H,20H2. The van der Waals surface area contributed by atoms with Gasteiger partial charge in [-0.1, -0.05) is 24.3 Å². The largest absolute Gasteiger partial charge is 0.416 e. The van der Waals surface area contributed by atoms with Crippen molar-refractivity contribution in [1.29, 1.82) is 0 Å². The van der Waals surface area contributed by atoms with Crippen molar-refractivity contribution in [3.05, 3.63) is 69.4 Å². The van der Waals surface area contributed by atoms with Crippen molar-refractivity contribution in [2.45, 2.75) is 12.2 Å². The van der Waals surface area contributed by atoms with Crippen LogP contribution in [0, 0.1) is 5.82 Å². The van der Waals surface area contributed by atoms with Crippen LogP contribution in [0.5, 0.6) is 0 Å². The van der Waals surface area contributed by atoms with Gasteiger partial charge in [0.05, 0.1) is 16.1 Å². The van der Waals surface area contributed by atoms with Crippen molar-refractivity contribution in [3.63, 3.8) is 0 Å². The Labute approximate surface area is 121 Å². The molecule has 2 aromatic carbocycles. The molecule has 0 saturated carbocycles. The fourth-order valence-electron chi connectivity index (χ4n) is 1.91. The molecular weight excluding hydrogens is 338 g/mol. The minimum atomic E-state index is -4.48.